The van der Waals surface area contributed by atoms with Crippen LogP contribution in [0.2, 0.25) is 0 Å². The molecular formula is C22H28N4O2. The minimum absolute atomic E-state index is 0.0115. The largest absolute Gasteiger partial charge is 0.398 e. The van der Waals surface area contributed by atoms with Crippen LogP contribution in [0.1, 0.15) is 49.1 Å². The van der Waals surface area contributed by atoms with Gasteiger partial charge in [0.15, 0.2) is 5.78 Å². The van der Waals surface area contributed by atoms with Crippen LogP contribution < -0.4 is 5.73 Å². The summed E-state index contributed by atoms with van der Waals surface area (Å²) in [6.07, 6.45) is 5.02. The number of fused-ring (bicyclic) bond motifs is 2. The zero-order valence-corrected chi connectivity index (χ0v) is 16.8. The number of hydrogen-bond acceptors (Lipinski definition) is 6. The molecule has 2 aliphatic rings. The second kappa shape index (κ2) is 7.17. The third kappa shape index (κ3) is 3.26. The molecule has 4 rings (SSSR count). The van der Waals surface area contributed by atoms with Gasteiger partial charge in [-0.2, -0.15) is 0 Å². The predicted octanol–water partition coefficient (Wildman–Crippen LogP) is 3.74. The minimum Gasteiger partial charge on any atom is -0.398 e. The summed E-state index contributed by atoms with van der Waals surface area (Å²) in [5.74, 6) is 0.970. The van der Waals surface area contributed by atoms with Crippen molar-refractivity contribution >= 4 is 17.2 Å². The Morgan fingerprint density at radius 1 is 1.29 bits per heavy atom. The van der Waals surface area contributed by atoms with E-state index in [1.165, 1.54) is 12.8 Å². The van der Waals surface area contributed by atoms with Gasteiger partial charge in [0.1, 0.15) is 11.5 Å². The van der Waals surface area contributed by atoms with Gasteiger partial charge in [-0.05, 0) is 70.2 Å². The van der Waals surface area contributed by atoms with Crippen molar-refractivity contribution in [3.63, 3.8) is 0 Å². The number of nitrogens with two attached hydrogens (primary N) is 1. The molecule has 0 amide bonds. The Labute approximate surface area is 165 Å². The Bertz CT molecular complexity index is 899. The summed E-state index contributed by atoms with van der Waals surface area (Å²) in [5.41, 5.74) is 9.64. The van der Waals surface area contributed by atoms with Crippen molar-refractivity contribution in [2.24, 2.45) is 5.92 Å². The zero-order valence-electron chi connectivity index (χ0n) is 16.8. The third-order valence-corrected chi connectivity index (χ3v) is 6.59. The van der Waals surface area contributed by atoms with Gasteiger partial charge < -0.3 is 15.2 Å². The van der Waals surface area contributed by atoms with E-state index in [4.69, 9.17) is 15.7 Å². The second-order valence-corrected chi connectivity index (χ2v) is 8.39. The first-order valence-corrected chi connectivity index (χ1v) is 10.0. The highest BCUT2D eigenvalue weighted by Crippen LogP contribution is 2.39. The van der Waals surface area contributed by atoms with E-state index in [2.05, 4.69) is 17.1 Å². The van der Waals surface area contributed by atoms with Crippen molar-refractivity contribution in [3.8, 4) is 11.1 Å². The molecule has 148 valence electrons. The molecule has 6 nitrogen and oxygen atoms in total. The lowest BCUT2D eigenvalue weighted by atomic mass is 9.85. The normalized spacial score (nSPS) is 24.5. The Morgan fingerprint density at radius 2 is 1.96 bits per heavy atom. The number of nitrogens with zero attached hydrogens (tertiary/aromatic N) is 2. The van der Waals surface area contributed by atoms with Crippen LogP contribution in [0.25, 0.3) is 11.1 Å². The van der Waals surface area contributed by atoms with Crippen molar-refractivity contribution < 1.29 is 9.32 Å². The van der Waals surface area contributed by atoms with Crippen LogP contribution >= 0.6 is 0 Å². The van der Waals surface area contributed by atoms with E-state index in [1.54, 1.807) is 6.07 Å². The highest BCUT2D eigenvalue weighted by Gasteiger charge is 2.39. The van der Waals surface area contributed by atoms with Crippen molar-refractivity contribution in [1.29, 1.82) is 5.41 Å². The molecule has 0 saturated carbocycles. The van der Waals surface area contributed by atoms with Gasteiger partial charge in [0.05, 0.1) is 5.69 Å². The fourth-order valence-corrected chi connectivity index (χ4v) is 5.03. The SMILES string of the molecule is Cc1noc(C)c1-c1ccc(N)c(C(=N)C(=O)CC2CC3CCC(C2)N3C)c1. The quantitative estimate of drug-likeness (QED) is 0.608. The van der Waals surface area contributed by atoms with Gasteiger partial charge in [-0.25, -0.2) is 0 Å². The van der Waals surface area contributed by atoms with Crippen LogP contribution in [-0.4, -0.2) is 40.7 Å². The molecule has 6 heteroatoms. The summed E-state index contributed by atoms with van der Waals surface area (Å²) >= 11 is 0. The van der Waals surface area contributed by atoms with Crippen LogP contribution in [0.3, 0.4) is 0 Å². The topological polar surface area (TPSA) is 96.2 Å². The van der Waals surface area contributed by atoms with Gasteiger partial charge in [-0.1, -0.05) is 11.2 Å². The number of rotatable bonds is 5. The lowest BCUT2D eigenvalue weighted by molar-refractivity contribution is -0.114. The van der Waals surface area contributed by atoms with E-state index in [1.807, 2.05) is 26.0 Å². The Hall–Kier alpha value is -2.47. The number of carbonyl (C=O) groups excluding carboxylic acids is 1. The molecule has 2 bridgehead atoms. The molecule has 1 aromatic heterocycles. The fourth-order valence-electron chi connectivity index (χ4n) is 5.03. The minimum atomic E-state index is -0.114. The summed E-state index contributed by atoms with van der Waals surface area (Å²) < 4.78 is 5.26. The molecule has 2 aliphatic heterocycles. The Morgan fingerprint density at radius 3 is 2.57 bits per heavy atom. The molecule has 0 spiro atoms. The Balaban J connectivity index is 1.53. The number of carbonyl (C=O) groups is 1. The number of nitrogen functional groups attached to an aromatic ring is 1. The molecule has 0 aliphatic carbocycles. The number of benzene rings is 1. The van der Waals surface area contributed by atoms with Gasteiger partial charge in [0, 0.05) is 35.3 Å². The molecule has 2 atom stereocenters. The molecule has 1 aromatic carbocycles. The average molecular weight is 380 g/mol. The first kappa shape index (κ1) is 18.9. The van der Waals surface area contributed by atoms with E-state index in [-0.39, 0.29) is 11.5 Å². The van der Waals surface area contributed by atoms with Crippen molar-refractivity contribution in [1.82, 2.24) is 10.1 Å². The van der Waals surface area contributed by atoms with E-state index in [0.717, 1.165) is 29.7 Å². The van der Waals surface area contributed by atoms with Gasteiger partial charge in [-0.3, -0.25) is 10.2 Å². The number of aryl methyl sites for hydroxylation is 2. The van der Waals surface area contributed by atoms with Crippen LogP contribution in [0.15, 0.2) is 22.7 Å². The van der Waals surface area contributed by atoms with Gasteiger partial charge in [0.2, 0.25) is 0 Å². The molecule has 3 heterocycles. The second-order valence-electron chi connectivity index (χ2n) is 8.39. The maximum atomic E-state index is 12.9. The van der Waals surface area contributed by atoms with Crippen LogP contribution in [0.5, 0.6) is 0 Å². The smallest absolute Gasteiger partial charge is 0.181 e. The monoisotopic (exact) mass is 380 g/mol. The van der Waals surface area contributed by atoms with Crippen molar-refractivity contribution in [2.75, 3.05) is 12.8 Å². The number of Topliss-reactive ketones (excluding diaryl/α,β-unsaturated/α-hetero) is 1. The molecule has 2 fully saturated rings. The van der Waals surface area contributed by atoms with Crippen molar-refractivity contribution in [2.45, 2.75) is 58.0 Å². The first-order valence-electron chi connectivity index (χ1n) is 10.0. The van der Waals surface area contributed by atoms with E-state index >= 15 is 0 Å². The van der Waals surface area contributed by atoms with E-state index in [9.17, 15) is 4.79 Å². The predicted molar refractivity (Wildman–Crippen MR) is 110 cm³/mol. The maximum absolute atomic E-state index is 12.9. The summed E-state index contributed by atoms with van der Waals surface area (Å²) in [7, 11) is 2.20. The number of aromatic nitrogens is 1. The van der Waals surface area contributed by atoms with Gasteiger partial charge in [-0.15, -0.1) is 0 Å². The van der Waals surface area contributed by atoms with E-state index < -0.39 is 0 Å². The molecule has 28 heavy (non-hydrogen) atoms. The summed E-state index contributed by atoms with van der Waals surface area (Å²) in [5, 5.41) is 12.5. The zero-order chi connectivity index (χ0) is 20.0. The number of nitrogens with one attached hydrogen (secondary N) is 1. The highest BCUT2D eigenvalue weighted by atomic mass is 16.5. The average Bonchev–Trinajstić information content (AvgIpc) is 3.08. The number of anilines is 1. The third-order valence-electron chi connectivity index (χ3n) is 6.59. The lowest BCUT2D eigenvalue weighted by Gasteiger charge is -2.36. The van der Waals surface area contributed by atoms with Crippen molar-refractivity contribution in [3.05, 3.63) is 35.2 Å². The van der Waals surface area contributed by atoms with E-state index in [0.29, 0.717) is 41.4 Å². The molecule has 0 radical (unpaired) electrons. The summed E-state index contributed by atoms with van der Waals surface area (Å²) in [4.78, 5) is 15.4. The maximum Gasteiger partial charge on any atom is 0.181 e. The molecule has 3 N–H and O–H groups in total. The van der Waals surface area contributed by atoms with Crippen LogP contribution in [0.4, 0.5) is 5.69 Å². The summed E-state index contributed by atoms with van der Waals surface area (Å²) in [6.45, 7) is 3.74. The lowest BCUT2D eigenvalue weighted by Crippen LogP contribution is -2.40. The first-order chi connectivity index (χ1) is 13.3. The number of ketones is 1. The number of piperidine rings is 1. The fraction of sp³-hybridized carbons (Fsp3) is 0.500. The molecule has 2 unspecified atom stereocenters. The highest BCUT2D eigenvalue weighted by molar-refractivity contribution is 6.46. The molecular weight excluding hydrogens is 352 g/mol. The van der Waals surface area contributed by atoms with Gasteiger partial charge >= 0.3 is 0 Å². The summed E-state index contributed by atoms with van der Waals surface area (Å²) in [6, 6.07) is 6.66. The van der Waals surface area contributed by atoms with Crippen LogP contribution in [0, 0.1) is 25.2 Å². The molecule has 2 aromatic rings. The van der Waals surface area contributed by atoms with Gasteiger partial charge in [0.25, 0.3) is 0 Å². The Kier molecular flexibility index (Phi) is 4.83. The standard InChI is InChI=1S/C22H28N4O2/c1-12-21(13(2)28-25-12)15-4-7-19(23)18(11-15)22(24)20(27)10-14-8-16-5-6-17(9-14)26(16)3/h4,7,11,14,16-17,24H,5-6,8-10,23H2,1-3H3. The number of hydrogen-bond donors (Lipinski definition) is 2. The van der Waals surface area contributed by atoms with Crippen LogP contribution in [-0.2, 0) is 4.79 Å². The molecule has 2 saturated heterocycles.